The lowest BCUT2D eigenvalue weighted by atomic mass is 10.2. The van der Waals surface area contributed by atoms with Gasteiger partial charge in [0.15, 0.2) is 6.61 Å². The highest BCUT2D eigenvalue weighted by Crippen LogP contribution is 2.20. The Labute approximate surface area is 127 Å². The van der Waals surface area contributed by atoms with Gasteiger partial charge in [-0.25, -0.2) is 0 Å². The van der Waals surface area contributed by atoms with Crippen LogP contribution in [0.1, 0.15) is 16.1 Å². The van der Waals surface area contributed by atoms with Crippen LogP contribution in [0.3, 0.4) is 0 Å². The molecule has 21 heavy (non-hydrogen) atoms. The Morgan fingerprint density at radius 1 is 1.48 bits per heavy atom. The molecule has 0 unspecified atom stereocenters. The first-order chi connectivity index (χ1) is 10.1. The summed E-state index contributed by atoms with van der Waals surface area (Å²) < 4.78 is 5.17. The SMILES string of the molecule is Cc1cc(Cl)c(C(=O)Nc2cccc(OCC#N)c2)cn1. The van der Waals surface area contributed by atoms with E-state index in [0.29, 0.717) is 22.0 Å². The van der Waals surface area contributed by atoms with Crippen molar-refractivity contribution >= 4 is 23.2 Å². The summed E-state index contributed by atoms with van der Waals surface area (Å²) in [6.45, 7) is 1.74. The normalized spacial score (nSPS) is 9.76. The second-order valence-electron chi connectivity index (χ2n) is 4.23. The number of carbonyl (C=O) groups is 1. The lowest BCUT2D eigenvalue weighted by Crippen LogP contribution is -2.13. The van der Waals surface area contributed by atoms with Crippen LogP contribution in [0.2, 0.25) is 5.02 Å². The molecule has 1 aromatic carbocycles. The van der Waals surface area contributed by atoms with Crippen molar-refractivity contribution in [2.45, 2.75) is 6.92 Å². The smallest absolute Gasteiger partial charge is 0.258 e. The van der Waals surface area contributed by atoms with Gasteiger partial charge in [0.05, 0.1) is 10.6 Å². The highest BCUT2D eigenvalue weighted by molar-refractivity contribution is 6.34. The van der Waals surface area contributed by atoms with Gasteiger partial charge in [-0.1, -0.05) is 17.7 Å². The van der Waals surface area contributed by atoms with Crippen molar-refractivity contribution < 1.29 is 9.53 Å². The molecule has 5 nitrogen and oxygen atoms in total. The first-order valence-electron chi connectivity index (χ1n) is 6.13. The van der Waals surface area contributed by atoms with Crippen LogP contribution in [0, 0.1) is 18.3 Å². The monoisotopic (exact) mass is 301 g/mol. The van der Waals surface area contributed by atoms with Crippen LogP contribution in [0.5, 0.6) is 5.75 Å². The number of ether oxygens (including phenoxy) is 1. The van der Waals surface area contributed by atoms with Crippen molar-refractivity contribution in [1.82, 2.24) is 4.98 Å². The van der Waals surface area contributed by atoms with Crippen LogP contribution in [0.15, 0.2) is 36.5 Å². The van der Waals surface area contributed by atoms with E-state index in [1.807, 2.05) is 6.07 Å². The quantitative estimate of drug-likeness (QED) is 0.941. The number of benzene rings is 1. The standard InChI is InChI=1S/C15H12ClN3O2/c1-10-7-14(16)13(9-18-10)15(20)19-11-3-2-4-12(8-11)21-6-5-17/h2-4,7-9H,6H2,1H3,(H,19,20). The zero-order valence-electron chi connectivity index (χ0n) is 11.3. The first-order valence-corrected chi connectivity index (χ1v) is 6.51. The Balaban J connectivity index is 2.14. The van der Waals surface area contributed by atoms with E-state index in [4.69, 9.17) is 21.6 Å². The molecule has 0 atom stereocenters. The molecular formula is C15H12ClN3O2. The van der Waals surface area contributed by atoms with Crippen LogP contribution in [0.25, 0.3) is 0 Å². The van der Waals surface area contributed by atoms with Crippen molar-refractivity contribution in [1.29, 1.82) is 5.26 Å². The van der Waals surface area contributed by atoms with Gasteiger partial charge < -0.3 is 10.1 Å². The Kier molecular flexibility index (Phi) is 4.75. The second kappa shape index (κ2) is 6.73. The summed E-state index contributed by atoms with van der Waals surface area (Å²) in [7, 11) is 0. The summed E-state index contributed by atoms with van der Waals surface area (Å²) in [4.78, 5) is 16.2. The van der Waals surface area contributed by atoms with Gasteiger partial charge in [0, 0.05) is 23.6 Å². The molecule has 106 valence electrons. The Morgan fingerprint density at radius 2 is 2.29 bits per heavy atom. The molecule has 0 spiro atoms. The Hall–Kier alpha value is -2.58. The van der Waals surface area contributed by atoms with E-state index in [1.54, 1.807) is 37.3 Å². The number of hydrogen-bond acceptors (Lipinski definition) is 4. The number of nitrogens with one attached hydrogen (secondary N) is 1. The fraction of sp³-hybridized carbons (Fsp3) is 0.133. The van der Waals surface area contributed by atoms with Crippen molar-refractivity contribution in [3.8, 4) is 11.8 Å². The molecule has 0 radical (unpaired) electrons. The minimum atomic E-state index is -0.357. The van der Waals surface area contributed by atoms with Gasteiger partial charge in [-0.2, -0.15) is 5.26 Å². The molecule has 6 heteroatoms. The predicted molar refractivity (Wildman–Crippen MR) is 79.5 cm³/mol. The maximum absolute atomic E-state index is 12.1. The number of rotatable bonds is 4. The largest absolute Gasteiger partial charge is 0.479 e. The van der Waals surface area contributed by atoms with E-state index in [2.05, 4.69) is 10.3 Å². The van der Waals surface area contributed by atoms with E-state index >= 15 is 0 Å². The Morgan fingerprint density at radius 3 is 3.00 bits per heavy atom. The average Bonchev–Trinajstić information content (AvgIpc) is 2.45. The molecule has 0 aliphatic rings. The number of aryl methyl sites for hydroxylation is 1. The van der Waals surface area contributed by atoms with E-state index in [0.717, 1.165) is 5.69 Å². The Bertz CT molecular complexity index is 710. The third-order valence-corrected chi connectivity index (χ3v) is 2.94. The van der Waals surface area contributed by atoms with E-state index in [1.165, 1.54) is 6.20 Å². The fourth-order valence-electron chi connectivity index (χ4n) is 1.67. The molecule has 0 fully saturated rings. The molecule has 0 aliphatic heterocycles. The summed E-state index contributed by atoms with van der Waals surface area (Å²) >= 11 is 6.03. The molecule has 1 heterocycles. The summed E-state index contributed by atoms with van der Waals surface area (Å²) in [6, 6.07) is 10.3. The number of amides is 1. The maximum atomic E-state index is 12.1. The highest BCUT2D eigenvalue weighted by Gasteiger charge is 2.11. The number of pyridine rings is 1. The molecule has 2 rings (SSSR count). The number of aromatic nitrogens is 1. The molecule has 0 aliphatic carbocycles. The molecule has 1 amide bonds. The summed E-state index contributed by atoms with van der Waals surface area (Å²) in [6.07, 6.45) is 1.43. The number of halogens is 1. The van der Waals surface area contributed by atoms with Crippen molar-refractivity contribution in [2.75, 3.05) is 11.9 Å². The highest BCUT2D eigenvalue weighted by atomic mass is 35.5. The molecule has 0 saturated carbocycles. The van der Waals surface area contributed by atoms with Gasteiger partial charge in [-0.15, -0.1) is 0 Å². The topological polar surface area (TPSA) is 75.0 Å². The number of hydrogen-bond donors (Lipinski definition) is 1. The minimum absolute atomic E-state index is 0.0505. The van der Waals surface area contributed by atoms with Gasteiger partial charge in [-0.3, -0.25) is 9.78 Å². The van der Waals surface area contributed by atoms with Crippen molar-refractivity contribution in [3.05, 3.63) is 52.8 Å². The van der Waals surface area contributed by atoms with Crippen LogP contribution in [0.4, 0.5) is 5.69 Å². The van der Waals surface area contributed by atoms with E-state index in [9.17, 15) is 4.79 Å². The third kappa shape index (κ3) is 3.94. The average molecular weight is 302 g/mol. The number of nitriles is 1. The van der Waals surface area contributed by atoms with Gasteiger partial charge in [0.1, 0.15) is 11.8 Å². The zero-order valence-corrected chi connectivity index (χ0v) is 12.0. The molecule has 0 saturated heterocycles. The molecule has 2 aromatic rings. The molecule has 0 bridgehead atoms. The van der Waals surface area contributed by atoms with Crippen LogP contribution >= 0.6 is 11.6 Å². The van der Waals surface area contributed by atoms with Gasteiger partial charge in [0.25, 0.3) is 5.91 Å². The first kappa shape index (κ1) is 14.8. The zero-order chi connectivity index (χ0) is 15.2. The molecular weight excluding hydrogens is 290 g/mol. The van der Waals surface area contributed by atoms with Crippen LogP contribution in [-0.4, -0.2) is 17.5 Å². The lowest BCUT2D eigenvalue weighted by molar-refractivity contribution is 0.102. The second-order valence-corrected chi connectivity index (χ2v) is 4.64. The lowest BCUT2D eigenvalue weighted by Gasteiger charge is -2.08. The summed E-state index contributed by atoms with van der Waals surface area (Å²) in [5, 5.41) is 11.5. The van der Waals surface area contributed by atoms with Crippen molar-refractivity contribution in [2.24, 2.45) is 0 Å². The van der Waals surface area contributed by atoms with Crippen molar-refractivity contribution in [3.63, 3.8) is 0 Å². The van der Waals surface area contributed by atoms with E-state index < -0.39 is 0 Å². The van der Waals surface area contributed by atoms with Gasteiger partial charge >= 0.3 is 0 Å². The maximum Gasteiger partial charge on any atom is 0.258 e. The van der Waals surface area contributed by atoms with E-state index in [-0.39, 0.29) is 12.5 Å². The third-order valence-electron chi connectivity index (χ3n) is 2.63. The molecule has 1 aromatic heterocycles. The molecule has 1 N–H and O–H groups in total. The predicted octanol–water partition coefficient (Wildman–Crippen LogP) is 3.20. The van der Waals surface area contributed by atoms with Crippen LogP contribution < -0.4 is 10.1 Å². The number of anilines is 1. The minimum Gasteiger partial charge on any atom is -0.479 e. The van der Waals surface area contributed by atoms with Gasteiger partial charge in [-0.05, 0) is 25.1 Å². The van der Waals surface area contributed by atoms with Gasteiger partial charge in [0.2, 0.25) is 0 Å². The number of carbonyl (C=O) groups excluding carboxylic acids is 1. The summed E-state index contributed by atoms with van der Waals surface area (Å²) in [5.41, 5.74) is 1.58. The summed E-state index contributed by atoms with van der Waals surface area (Å²) in [5.74, 6) is 0.146. The number of nitrogens with zero attached hydrogens (tertiary/aromatic N) is 2. The van der Waals surface area contributed by atoms with Crippen LogP contribution in [-0.2, 0) is 0 Å². The fourth-order valence-corrected chi connectivity index (χ4v) is 1.96.